The SMILES string of the molecule is CN1CCC(Oc2cc(NS(=O)(=O)c3c(Cl)sc(Cl)c3Cl)ccc2Cl)C1. The highest BCUT2D eigenvalue weighted by Crippen LogP contribution is 2.43. The summed E-state index contributed by atoms with van der Waals surface area (Å²) >= 11 is 24.9. The van der Waals surface area contributed by atoms with Gasteiger partial charge in [0.2, 0.25) is 0 Å². The van der Waals surface area contributed by atoms with Gasteiger partial charge >= 0.3 is 0 Å². The first-order valence-electron chi connectivity index (χ1n) is 7.48. The number of ether oxygens (including phenoxy) is 1. The number of likely N-dealkylation sites (tertiary alicyclic amines) is 1. The number of nitrogens with zero attached hydrogens (tertiary/aromatic N) is 1. The molecule has 3 rings (SSSR count). The molecule has 0 radical (unpaired) electrons. The van der Waals surface area contributed by atoms with Crippen LogP contribution in [0.15, 0.2) is 23.1 Å². The highest BCUT2D eigenvalue weighted by Gasteiger charge is 2.27. The van der Waals surface area contributed by atoms with Gasteiger partial charge in [0.25, 0.3) is 10.0 Å². The molecule has 1 aromatic carbocycles. The highest BCUT2D eigenvalue weighted by molar-refractivity contribution is 7.93. The predicted molar refractivity (Wildman–Crippen MR) is 108 cm³/mol. The van der Waals surface area contributed by atoms with Gasteiger partial charge in [0.05, 0.1) is 15.7 Å². The number of anilines is 1. The van der Waals surface area contributed by atoms with Crippen molar-refractivity contribution in [2.24, 2.45) is 0 Å². The van der Waals surface area contributed by atoms with Crippen molar-refractivity contribution in [2.75, 3.05) is 24.9 Å². The van der Waals surface area contributed by atoms with Crippen molar-refractivity contribution in [3.8, 4) is 5.75 Å². The lowest BCUT2D eigenvalue weighted by Crippen LogP contribution is -2.21. The quantitative estimate of drug-likeness (QED) is 0.641. The van der Waals surface area contributed by atoms with Crippen molar-refractivity contribution in [1.82, 2.24) is 4.90 Å². The first kappa shape index (κ1) is 20.3. The molecule has 1 aliphatic heterocycles. The Balaban J connectivity index is 1.84. The molecule has 1 N–H and O–H groups in total. The van der Waals surface area contributed by atoms with E-state index >= 15 is 0 Å². The molecule has 1 fully saturated rings. The average molecular weight is 476 g/mol. The van der Waals surface area contributed by atoms with Crippen LogP contribution in [0.1, 0.15) is 6.42 Å². The zero-order valence-corrected chi connectivity index (χ0v) is 18.1. The average Bonchev–Trinajstić information content (AvgIpc) is 3.05. The van der Waals surface area contributed by atoms with Crippen molar-refractivity contribution in [3.63, 3.8) is 0 Å². The molecule has 1 atom stereocenters. The molecule has 5 nitrogen and oxygen atoms in total. The highest BCUT2D eigenvalue weighted by atomic mass is 35.5. The fourth-order valence-electron chi connectivity index (χ4n) is 2.60. The summed E-state index contributed by atoms with van der Waals surface area (Å²) in [5.74, 6) is 0.410. The third kappa shape index (κ3) is 4.35. The van der Waals surface area contributed by atoms with Crippen LogP contribution < -0.4 is 9.46 Å². The van der Waals surface area contributed by atoms with Crippen LogP contribution in [0, 0.1) is 0 Å². The Hall–Kier alpha value is -0.410. The Morgan fingerprint density at radius 2 is 1.96 bits per heavy atom. The molecule has 0 amide bonds. The minimum atomic E-state index is -4.01. The van der Waals surface area contributed by atoms with E-state index in [1.807, 2.05) is 7.05 Å². The van der Waals surface area contributed by atoms with Gasteiger partial charge in [0.15, 0.2) is 0 Å². The summed E-state index contributed by atoms with van der Waals surface area (Å²) in [6, 6.07) is 4.63. The number of likely N-dealkylation sites (N-methyl/N-ethyl adjacent to an activating group) is 1. The summed E-state index contributed by atoms with van der Waals surface area (Å²) in [6.07, 6.45) is 0.880. The van der Waals surface area contributed by atoms with Gasteiger partial charge in [-0.2, -0.15) is 0 Å². The van der Waals surface area contributed by atoms with Gasteiger partial charge in [0.1, 0.15) is 25.4 Å². The molecule has 0 saturated carbocycles. The minimum absolute atomic E-state index is 0.00364. The molecule has 2 heterocycles. The van der Waals surface area contributed by atoms with E-state index in [0.717, 1.165) is 30.8 Å². The van der Waals surface area contributed by atoms with Crippen molar-refractivity contribution >= 4 is 73.5 Å². The van der Waals surface area contributed by atoms with Gasteiger partial charge < -0.3 is 9.64 Å². The third-order valence-corrected chi connectivity index (χ3v) is 8.13. The fourth-order valence-corrected chi connectivity index (χ4v) is 6.67. The van der Waals surface area contributed by atoms with Crippen LogP contribution in [0.3, 0.4) is 0 Å². The van der Waals surface area contributed by atoms with Crippen LogP contribution in [0.25, 0.3) is 0 Å². The maximum absolute atomic E-state index is 12.6. The number of halogens is 4. The molecular weight excluding hydrogens is 462 g/mol. The number of hydrogen-bond acceptors (Lipinski definition) is 5. The monoisotopic (exact) mass is 474 g/mol. The van der Waals surface area contributed by atoms with E-state index in [-0.39, 0.29) is 30.4 Å². The number of benzene rings is 1. The lowest BCUT2D eigenvalue weighted by atomic mass is 10.3. The summed E-state index contributed by atoms with van der Waals surface area (Å²) in [4.78, 5) is 1.90. The predicted octanol–water partition coefficient (Wildman–Crippen LogP) is 5.25. The summed E-state index contributed by atoms with van der Waals surface area (Å²) in [7, 11) is -2.01. The first-order chi connectivity index (χ1) is 12.2. The van der Waals surface area contributed by atoms with Gasteiger partial charge in [-0.05, 0) is 25.6 Å². The normalized spacial score (nSPS) is 18.3. The number of hydrogen-bond donors (Lipinski definition) is 1. The molecule has 1 unspecified atom stereocenters. The van der Waals surface area contributed by atoms with Gasteiger partial charge in [-0.3, -0.25) is 4.72 Å². The molecule has 1 saturated heterocycles. The van der Waals surface area contributed by atoms with Gasteiger partial charge in [0, 0.05) is 19.2 Å². The van der Waals surface area contributed by atoms with Crippen molar-refractivity contribution in [3.05, 3.63) is 36.9 Å². The van der Waals surface area contributed by atoms with E-state index in [2.05, 4.69) is 9.62 Å². The van der Waals surface area contributed by atoms with Crippen LogP contribution in [0.4, 0.5) is 5.69 Å². The number of thiophene rings is 1. The maximum Gasteiger partial charge on any atom is 0.265 e. The third-order valence-electron chi connectivity index (χ3n) is 3.82. The topological polar surface area (TPSA) is 58.6 Å². The van der Waals surface area contributed by atoms with Crippen molar-refractivity contribution in [2.45, 2.75) is 17.4 Å². The summed E-state index contributed by atoms with van der Waals surface area (Å²) in [5, 5.41) is 0.297. The molecule has 1 aliphatic rings. The van der Waals surface area contributed by atoms with E-state index in [9.17, 15) is 8.42 Å². The standard InChI is InChI=1S/C15H14Cl4N2O3S2/c1-21-5-4-9(7-21)24-11-6-8(2-3-10(11)16)20-26(22,23)13-12(17)14(18)25-15(13)19/h2-3,6,9,20H,4-5,7H2,1H3. The molecule has 11 heteroatoms. The van der Waals surface area contributed by atoms with E-state index in [0.29, 0.717) is 10.8 Å². The number of rotatable bonds is 5. The van der Waals surface area contributed by atoms with Gasteiger partial charge in [-0.25, -0.2) is 8.42 Å². The van der Waals surface area contributed by atoms with Crippen LogP contribution in [-0.4, -0.2) is 39.6 Å². The van der Waals surface area contributed by atoms with Crippen molar-refractivity contribution < 1.29 is 13.2 Å². The summed E-state index contributed by atoms with van der Waals surface area (Å²) in [6.45, 7) is 1.72. The van der Waals surface area contributed by atoms with E-state index in [1.165, 1.54) is 12.1 Å². The second kappa shape index (κ2) is 7.91. The molecule has 26 heavy (non-hydrogen) atoms. The zero-order chi connectivity index (χ0) is 19.1. The van der Waals surface area contributed by atoms with Crippen LogP contribution in [0.5, 0.6) is 5.75 Å². The lowest BCUT2D eigenvalue weighted by molar-refractivity contribution is 0.208. The molecule has 2 aromatic rings. The van der Waals surface area contributed by atoms with E-state index in [4.69, 9.17) is 51.1 Å². The first-order valence-corrected chi connectivity index (χ1v) is 11.3. The molecule has 1 aromatic heterocycles. The molecule has 142 valence electrons. The Morgan fingerprint density at radius 3 is 2.54 bits per heavy atom. The lowest BCUT2D eigenvalue weighted by Gasteiger charge is -2.16. The Morgan fingerprint density at radius 1 is 1.23 bits per heavy atom. The Bertz CT molecular complexity index is 933. The Kier molecular flexibility index (Phi) is 6.19. The molecule has 0 bridgehead atoms. The van der Waals surface area contributed by atoms with E-state index in [1.54, 1.807) is 6.07 Å². The summed E-state index contributed by atoms with van der Waals surface area (Å²) < 4.78 is 33.7. The van der Waals surface area contributed by atoms with Crippen LogP contribution in [0.2, 0.25) is 18.7 Å². The fraction of sp³-hybridized carbons (Fsp3) is 0.333. The molecule has 0 spiro atoms. The molecular formula is C15H14Cl4N2O3S2. The largest absolute Gasteiger partial charge is 0.487 e. The van der Waals surface area contributed by atoms with Gasteiger partial charge in [-0.1, -0.05) is 46.4 Å². The second-order valence-corrected chi connectivity index (χ2v) is 10.5. The molecule has 0 aliphatic carbocycles. The number of nitrogens with one attached hydrogen (secondary N) is 1. The second-order valence-electron chi connectivity index (χ2n) is 5.83. The number of sulfonamides is 1. The van der Waals surface area contributed by atoms with Gasteiger partial charge in [-0.15, -0.1) is 11.3 Å². The van der Waals surface area contributed by atoms with Crippen molar-refractivity contribution in [1.29, 1.82) is 0 Å². The minimum Gasteiger partial charge on any atom is -0.487 e. The van der Waals surface area contributed by atoms with Crippen LogP contribution >= 0.6 is 57.7 Å². The Labute approximate surface area is 175 Å². The summed E-state index contributed by atoms with van der Waals surface area (Å²) in [5.41, 5.74) is 0.283. The smallest absolute Gasteiger partial charge is 0.265 e. The maximum atomic E-state index is 12.6. The van der Waals surface area contributed by atoms with E-state index < -0.39 is 10.0 Å². The van der Waals surface area contributed by atoms with Crippen LogP contribution in [-0.2, 0) is 10.0 Å². The zero-order valence-electron chi connectivity index (χ0n) is 13.4.